The number of hydrogen-bond donors (Lipinski definition) is 2. The zero-order valence-electron chi connectivity index (χ0n) is 18.6. The first kappa shape index (κ1) is 23.5. The lowest BCUT2D eigenvalue weighted by molar-refractivity contribution is -0.137. The van der Waals surface area contributed by atoms with Gasteiger partial charge in [0, 0.05) is 24.2 Å². The molecule has 0 bridgehead atoms. The molecular formula is C23H36ClN3O2. The number of halogens is 1. The molecule has 2 rings (SSSR count). The van der Waals surface area contributed by atoms with Gasteiger partial charge in [0.05, 0.1) is 0 Å². The summed E-state index contributed by atoms with van der Waals surface area (Å²) in [6, 6.07) is 7.31. The molecule has 162 valence electrons. The minimum atomic E-state index is -0.526. The van der Waals surface area contributed by atoms with Crippen LogP contribution in [0.4, 0.5) is 4.79 Å². The molecule has 0 radical (unpaired) electrons. The zero-order chi connectivity index (χ0) is 21.8. The van der Waals surface area contributed by atoms with Gasteiger partial charge in [-0.2, -0.15) is 0 Å². The molecule has 0 aliphatic carbocycles. The van der Waals surface area contributed by atoms with Gasteiger partial charge in [-0.05, 0) is 54.7 Å². The molecule has 1 heterocycles. The first-order chi connectivity index (χ1) is 13.5. The number of carbonyl (C=O) groups is 2. The Morgan fingerprint density at radius 1 is 1.17 bits per heavy atom. The molecule has 29 heavy (non-hydrogen) atoms. The van der Waals surface area contributed by atoms with Gasteiger partial charge in [-0.15, -0.1) is 0 Å². The summed E-state index contributed by atoms with van der Waals surface area (Å²) in [5.41, 5.74) is 1.19. The van der Waals surface area contributed by atoms with Crippen LogP contribution in [0, 0.1) is 11.3 Å². The Morgan fingerprint density at radius 3 is 2.31 bits per heavy atom. The van der Waals surface area contributed by atoms with Crippen molar-refractivity contribution >= 4 is 23.5 Å². The van der Waals surface area contributed by atoms with Gasteiger partial charge < -0.3 is 15.5 Å². The van der Waals surface area contributed by atoms with Crippen LogP contribution in [-0.4, -0.2) is 42.0 Å². The fraction of sp³-hybridized carbons (Fsp3) is 0.652. The highest BCUT2D eigenvalue weighted by Crippen LogP contribution is 2.42. The van der Waals surface area contributed by atoms with Gasteiger partial charge in [-0.25, -0.2) is 4.79 Å². The van der Waals surface area contributed by atoms with Gasteiger partial charge >= 0.3 is 6.03 Å². The van der Waals surface area contributed by atoms with Crippen LogP contribution >= 0.6 is 11.6 Å². The third-order valence-electron chi connectivity index (χ3n) is 6.02. The van der Waals surface area contributed by atoms with Crippen molar-refractivity contribution in [3.8, 4) is 0 Å². The van der Waals surface area contributed by atoms with Crippen molar-refractivity contribution in [2.24, 2.45) is 11.3 Å². The Morgan fingerprint density at radius 2 is 1.79 bits per heavy atom. The van der Waals surface area contributed by atoms with Gasteiger partial charge in [0.2, 0.25) is 5.91 Å². The van der Waals surface area contributed by atoms with E-state index in [0.717, 1.165) is 17.9 Å². The normalized spacial score (nSPS) is 20.8. The van der Waals surface area contributed by atoms with Crippen LogP contribution in [0.15, 0.2) is 24.3 Å². The first-order valence-electron chi connectivity index (χ1n) is 10.7. The molecule has 1 aromatic rings. The monoisotopic (exact) mass is 421 g/mol. The lowest BCUT2D eigenvalue weighted by Crippen LogP contribution is -2.57. The topological polar surface area (TPSA) is 61.4 Å². The maximum absolute atomic E-state index is 13.3. The number of benzene rings is 1. The summed E-state index contributed by atoms with van der Waals surface area (Å²) in [5, 5.41) is 6.53. The molecular weight excluding hydrogens is 386 g/mol. The van der Waals surface area contributed by atoms with Crippen LogP contribution in [-0.2, 0) is 4.79 Å². The molecule has 3 atom stereocenters. The molecule has 1 fully saturated rings. The summed E-state index contributed by atoms with van der Waals surface area (Å²) in [4.78, 5) is 27.5. The number of nitrogens with one attached hydrogen (secondary N) is 2. The predicted octanol–water partition coefficient (Wildman–Crippen LogP) is 4.80. The summed E-state index contributed by atoms with van der Waals surface area (Å²) in [6.07, 6.45) is 1.74. The second-order valence-corrected chi connectivity index (χ2v) is 9.73. The predicted molar refractivity (Wildman–Crippen MR) is 119 cm³/mol. The number of rotatable bonds is 6. The van der Waals surface area contributed by atoms with Crippen molar-refractivity contribution in [1.82, 2.24) is 15.5 Å². The largest absolute Gasteiger partial charge is 0.340 e. The van der Waals surface area contributed by atoms with E-state index in [1.54, 1.807) is 0 Å². The van der Waals surface area contributed by atoms with Crippen LogP contribution in [0.25, 0.3) is 0 Å². The SMILES string of the molecule is CC[C@@H](C)NC(=O)N[C@@H](C(=O)N1CCC(c2ccc(Cl)cc2)C(C)(C)C1)C(C)C. The number of piperidine rings is 1. The quantitative estimate of drug-likeness (QED) is 0.692. The first-order valence-corrected chi connectivity index (χ1v) is 11.0. The van der Waals surface area contributed by atoms with Crippen molar-refractivity contribution in [2.75, 3.05) is 13.1 Å². The van der Waals surface area contributed by atoms with Crippen LogP contribution in [0.5, 0.6) is 0 Å². The van der Waals surface area contributed by atoms with Crippen molar-refractivity contribution in [3.63, 3.8) is 0 Å². The maximum atomic E-state index is 13.3. The minimum Gasteiger partial charge on any atom is -0.340 e. The molecule has 1 aliphatic rings. The average Bonchev–Trinajstić information content (AvgIpc) is 2.65. The highest BCUT2D eigenvalue weighted by molar-refractivity contribution is 6.30. The summed E-state index contributed by atoms with van der Waals surface area (Å²) < 4.78 is 0. The van der Waals surface area contributed by atoms with E-state index in [1.165, 1.54) is 5.56 Å². The van der Waals surface area contributed by atoms with E-state index >= 15 is 0 Å². The molecule has 3 amide bonds. The zero-order valence-corrected chi connectivity index (χ0v) is 19.3. The molecule has 5 nitrogen and oxygen atoms in total. The standard InChI is InChI=1S/C23H36ClN3O2/c1-7-16(4)25-22(29)26-20(15(2)3)21(28)27-13-12-19(23(5,6)14-27)17-8-10-18(24)11-9-17/h8-11,15-16,19-20H,7,12-14H2,1-6H3,(H2,25,26,29)/t16-,19?,20-/m1/s1. The fourth-order valence-electron chi connectivity index (χ4n) is 4.08. The molecule has 1 saturated heterocycles. The van der Waals surface area contributed by atoms with E-state index in [2.05, 4.69) is 36.6 Å². The summed E-state index contributed by atoms with van der Waals surface area (Å²) in [6.45, 7) is 13.7. The van der Waals surface area contributed by atoms with Gasteiger partial charge in [-0.3, -0.25) is 4.79 Å². The van der Waals surface area contributed by atoms with Gasteiger partial charge in [0.25, 0.3) is 0 Å². The third-order valence-corrected chi connectivity index (χ3v) is 6.27. The number of likely N-dealkylation sites (tertiary alicyclic amines) is 1. The number of carbonyl (C=O) groups excluding carboxylic acids is 2. The number of hydrogen-bond acceptors (Lipinski definition) is 2. The van der Waals surface area contributed by atoms with E-state index in [4.69, 9.17) is 11.6 Å². The Kier molecular flexibility index (Phi) is 7.98. The molecule has 0 aromatic heterocycles. The summed E-state index contributed by atoms with van der Waals surface area (Å²) in [5.74, 6) is 0.382. The van der Waals surface area contributed by atoms with E-state index in [9.17, 15) is 9.59 Å². The molecule has 1 aliphatic heterocycles. The van der Waals surface area contributed by atoms with E-state index < -0.39 is 6.04 Å². The Labute approximate surface area is 180 Å². The van der Waals surface area contributed by atoms with Crippen LogP contribution < -0.4 is 10.6 Å². The van der Waals surface area contributed by atoms with Gasteiger partial charge in [0.15, 0.2) is 0 Å². The van der Waals surface area contributed by atoms with E-state index in [0.29, 0.717) is 19.0 Å². The second-order valence-electron chi connectivity index (χ2n) is 9.29. The Balaban J connectivity index is 2.08. The van der Waals surface area contributed by atoms with E-state index in [-0.39, 0.29) is 29.3 Å². The Hall–Kier alpha value is -1.75. The number of amides is 3. The number of urea groups is 1. The number of nitrogens with zero attached hydrogens (tertiary/aromatic N) is 1. The minimum absolute atomic E-state index is 0.00179. The van der Waals surface area contributed by atoms with Gasteiger partial charge in [0.1, 0.15) is 6.04 Å². The molecule has 6 heteroatoms. The highest BCUT2D eigenvalue weighted by Gasteiger charge is 2.40. The van der Waals surface area contributed by atoms with E-state index in [1.807, 2.05) is 44.7 Å². The van der Waals surface area contributed by atoms with Crippen molar-refractivity contribution < 1.29 is 9.59 Å². The summed E-state index contributed by atoms with van der Waals surface area (Å²) >= 11 is 6.04. The summed E-state index contributed by atoms with van der Waals surface area (Å²) in [7, 11) is 0. The molecule has 0 spiro atoms. The van der Waals surface area contributed by atoms with Crippen LogP contribution in [0.1, 0.15) is 65.9 Å². The average molecular weight is 422 g/mol. The fourth-order valence-corrected chi connectivity index (χ4v) is 4.20. The highest BCUT2D eigenvalue weighted by atomic mass is 35.5. The van der Waals surface area contributed by atoms with Crippen molar-refractivity contribution in [1.29, 1.82) is 0 Å². The van der Waals surface area contributed by atoms with Crippen LogP contribution in [0.3, 0.4) is 0 Å². The van der Waals surface area contributed by atoms with Crippen molar-refractivity contribution in [2.45, 2.75) is 72.4 Å². The molecule has 1 aromatic carbocycles. The van der Waals surface area contributed by atoms with Crippen molar-refractivity contribution in [3.05, 3.63) is 34.9 Å². The maximum Gasteiger partial charge on any atom is 0.315 e. The second kappa shape index (κ2) is 9.84. The smallest absolute Gasteiger partial charge is 0.315 e. The lowest BCUT2D eigenvalue weighted by atomic mass is 9.70. The van der Waals surface area contributed by atoms with Gasteiger partial charge in [-0.1, -0.05) is 58.4 Å². The molecule has 2 N–H and O–H groups in total. The molecule has 0 saturated carbocycles. The molecule has 1 unspecified atom stereocenters. The third kappa shape index (κ3) is 6.11. The van der Waals surface area contributed by atoms with Crippen LogP contribution in [0.2, 0.25) is 5.02 Å². The Bertz CT molecular complexity index is 703. The lowest BCUT2D eigenvalue weighted by Gasteiger charge is -2.45.